The van der Waals surface area contributed by atoms with E-state index < -0.39 is 0 Å². The normalized spacial score (nSPS) is 10.7. The maximum atomic E-state index is 5.87. The van der Waals surface area contributed by atoms with Crippen molar-refractivity contribution in [2.75, 3.05) is 38.7 Å². The number of benzene rings is 2. The molecule has 0 aromatic heterocycles. The molecule has 2 rings (SSSR count). The summed E-state index contributed by atoms with van der Waals surface area (Å²) in [7, 11) is 4.14. The first kappa shape index (κ1) is 17.0. The zero-order chi connectivity index (χ0) is 16.7. The Bertz CT molecular complexity index is 629. The fourth-order valence-corrected chi connectivity index (χ4v) is 2.11. The summed E-state index contributed by atoms with van der Waals surface area (Å²) in [4.78, 5) is 2.17. The minimum atomic E-state index is 0.504. The van der Waals surface area contributed by atoms with E-state index in [9.17, 15) is 0 Å². The molecule has 4 N–H and O–H groups in total. The summed E-state index contributed by atoms with van der Waals surface area (Å²) >= 11 is 0. The zero-order valence-electron chi connectivity index (χ0n) is 13.8. The first-order chi connectivity index (χ1) is 11.1. The highest BCUT2D eigenvalue weighted by Gasteiger charge is 2.07. The quantitative estimate of drug-likeness (QED) is 0.577. The molecule has 0 unspecified atom stereocenters. The van der Waals surface area contributed by atoms with Crippen LogP contribution >= 0.6 is 0 Å². The average molecular weight is 315 g/mol. The van der Waals surface area contributed by atoms with Gasteiger partial charge in [-0.25, -0.2) is 0 Å². The average Bonchev–Trinajstić information content (AvgIpc) is 2.52. The topological polar surface area (TPSA) is 73.7 Å². The summed E-state index contributed by atoms with van der Waals surface area (Å²) < 4.78 is 11.7. The summed E-state index contributed by atoms with van der Waals surface area (Å²) in [6, 6.07) is 12.9. The second kappa shape index (κ2) is 8.29. The van der Waals surface area contributed by atoms with E-state index in [0.717, 1.165) is 25.1 Å². The van der Waals surface area contributed by atoms with Crippen LogP contribution in [-0.2, 0) is 0 Å². The lowest BCUT2D eigenvalue weighted by Crippen LogP contribution is -2.13. The number of hydrogen-bond donors (Lipinski definition) is 2. The highest BCUT2D eigenvalue weighted by Crippen LogP contribution is 2.33. The third kappa shape index (κ3) is 5.38. The number of para-hydroxylation sites is 2. The predicted molar refractivity (Wildman–Crippen MR) is 95.1 cm³/mol. The van der Waals surface area contributed by atoms with Gasteiger partial charge in [0.2, 0.25) is 0 Å². The number of nitrogen functional groups attached to an aromatic ring is 2. The maximum absolute atomic E-state index is 5.87. The van der Waals surface area contributed by atoms with Gasteiger partial charge < -0.3 is 25.8 Å². The predicted octanol–water partition coefficient (Wildman–Crippen LogP) is 3.36. The van der Waals surface area contributed by atoms with Gasteiger partial charge in [0.1, 0.15) is 5.75 Å². The van der Waals surface area contributed by atoms with E-state index >= 15 is 0 Å². The minimum Gasteiger partial charge on any atom is -0.490 e. The number of rotatable bonds is 8. The van der Waals surface area contributed by atoms with Crippen LogP contribution in [0.3, 0.4) is 0 Å². The molecule has 0 saturated carbocycles. The van der Waals surface area contributed by atoms with Gasteiger partial charge in [0.05, 0.1) is 18.0 Å². The van der Waals surface area contributed by atoms with E-state index in [4.69, 9.17) is 20.9 Å². The standard InChI is InChI=1S/C18H25N3O2/c1-21(2)11-5-6-12-22-17-7-3-4-8-18(17)23-14-9-10-15(19)16(20)13-14/h3-4,7-10,13H,5-6,11-12,19-20H2,1-2H3. The molecule has 0 amide bonds. The van der Waals surface area contributed by atoms with Crippen LogP contribution in [0.25, 0.3) is 0 Å². The maximum Gasteiger partial charge on any atom is 0.169 e. The van der Waals surface area contributed by atoms with Crippen LogP contribution in [0, 0.1) is 0 Å². The SMILES string of the molecule is CN(C)CCCCOc1ccccc1Oc1ccc(N)c(N)c1. The van der Waals surface area contributed by atoms with E-state index in [1.807, 2.05) is 24.3 Å². The van der Waals surface area contributed by atoms with Gasteiger partial charge in [-0.2, -0.15) is 0 Å². The molecule has 0 aliphatic rings. The number of hydrogen-bond acceptors (Lipinski definition) is 5. The number of unbranched alkanes of at least 4 members (excludes halogenated alkanes) is 1. The van der Waals surface area contributed by atoms with Crippen LogP contribution in [0.5, 0.6) is 17.2 Å². The number of nitrogens with two attached hydrogens (primary N) is 2. The van der Waals surface area contributed by atoms with Crippen LogP contribution in [0.1, 0.15) is 12.8 Å². The minimum absolute atomic E-state index is 0.504. The van der Waals surface area contributed by atoms with Gasteiger partial charge in [-0.3, -0.25) is 0 Å². The molecule has 0 saturated heterocycles. The highest BCUT2D eigenvalue weighted by atomic mass is 16.5. The Balaban J connectivity index is 1.95. The highest BCUT2D eigenvalue weighted by molar-refractivity contribution is 5.65. The molecule has 0 aliphatic carbocycles. The smallest absolute Gasteiger partial charge is 0.169 e. The molecule has 2 aromatic carbocycles. The van der Waals surface area contributed by atoms with Gasteiger partial charge in [0, 0.05) is 6.07 Å². The molecule has 0 spiro atoms. The molecule has 0 aliphatic heterocycles. The van der Waals surface area contributed by atoms with Crippen molar-refractivity contribution in [3.8, 4) is 17.2 Å². The third-order valence-corrected chi connectivity index (χ3v) is 3.39. The number of ether oxygens (including phenoxy) is 2. The van der Waals surface area contributed by atoms with Crippen molar-refractivity contribution >= 4 is 11.4 Å². The lowest BCUT2D eigenvalue weighted by Gasteiger charge is -2.13. The van der Waals surface area contributed by atoms with E-state index in [1.54, 1.807) is 18.2 Å². The Labute approximate surface area is 137 Å². The van der Waals surface area contributed by atoms with Gasteiger partial charge in [-0.05, 0) is 57.7 Å². The first-order valence-electron chi connectivity index (χ1n) is 7.75. The molecule has 0 bridgehead atoms. The monoisotopic (exact) mass is 315 g/mol. The van der Waals surface area contributed by atoms with Gasteiger partial charge in [-0.15, -0.1) is 0 Å². The van der Waals surface area contributed by atoms with Crippen LogP contribution in [0.4, 0.5) is 11.4 Å². The van der Waals surface area contributed by atoms with E-state index in [0.29, 0.717) is 29.5 Å². The molecule has 0 fully saturated rings. The van der Waals surface area contributed by atoms with Crippen LogP contribution in [-0.4, -0.2) is 32.1 Å². The Morgan fingerprint density at radius 1 is 0.913 bits per heavy atom. The van der Waals surface area contributed by atoms with E-state index in [-0.39, 0.29) is 0 Å². The van der Waals surface area contributed by atoms with Gasteiger partial charge in [-0.1, -0.05) is 12.1 Å². The van der Waals surface area contributed by atoms with Gasteiger partial charge >= 0.3 is 0 Å². The lowest BCUT2D eigenvalue weighted by atomic mass is 10.2. The second-order valence-electron chi connectivity index (χ2n) is 5.70. The molecule has 5 nitrogen and oxygen atoms in total. The summed E-state index contributed by atoms with van der Waals surface area (Å²) in [6.45, 7) is 1.73. The third-order valence-electron chi connectivity index (χ3n) is 3.39. The van der Waals surface area contributed by atoms with Gasteiger partial charge in [0.25, 0.3) is 0 Å². The number of anilines is 2. The van der Waals surface area contributed by atoms with Crippen molar-refractivity contribution in [3.05, 3.63) is 42.5 Å². The van der Waals surface area contributed by atoms with Crippen LogP contribution in [0.15, 0.2) is 42.5 Å². The van der Waals surface area contributed by atoms with Crippen molar-refractivity contribution in [2.45, 2.75) is 12.8 Å². The van der Waals surface area contributed by atoms with Crippen molar-refractivity contribution in [1.29, 1.82) is 0 Å². The van der Waals surface area contributed by atoms with Crippen molar-refractivity contribution in [1.82, 2.24) is 4.90 Å². The number of nitrogens with zero attached hydrogens (tertiary/aromatic N) is 1. The summed E-state index contributed by atoms with van der Waals surface area (Å²) in [6.07, 6.45) is 2.10. The second-order valence-corrected chi connectivity index (χ2v) is 5.70. The van der Waals surface area contributed by atoms with Gasteiger partial charge in [0.15, 0.2) is 11.5 Å². The molecule has 5 heteroatoms. The summed E-state index contributed by atoms with van der Waals surface area (Å²) in [5.41, 5.74) is 12.6. The van der Waals surface area contributed by atoms with Crippen LogP contribution < -0.4 is 20.9 Å². The van der Waals surface area contributed by atoms with E-state index in [2.05, 4.69) is 19.0 Å². The molecule has 124 valence electrons. The summed E-state index contributed by atoms with van der Waals surface area (Å²) in [5, 5.41) is 0. The zero-order valence-corrected chi connectivity index (χ0v) is 13.8. The molecule has 0 heterocycles. The van der Waals surface area contributed by atoms with Crippen molar-refractivity contribution in [2.24, 2.45) is 0 Å². The summed E-state index contributed by atoms with van der Waals surface area (Å²) in [5.74, 6) is 2.04. The van der Waals surface area contributed by atoms with E-state index in [1.165, 1.54) is 0 Å². The largest absolute Gasteiger partial charge is 0.490 e. The lowest BCUT2D eigenvalue weighted by molar-refractivity contribution is 0.282. The molecular formula is C18H25N3O2. The Kier molecular flexibility index (Phi) is 6.11. The Hall–Kier alpha value is -2.40. The molecule has 23 heavy (non-hydrogen) atoms. The molecule has 2 aromatic rings. The fraction of sp³-hybridized carbons (Fsp3) is 0.333. The Morgan fingerprint density at radius 3 is 2.35 bits per heavy atom. The first-order valence-corrected chi connectivity index (χ1v) is 7.75. The molecule has 0 atom stereocenters. The fourth-order valence-electron chi connectivity index (χ4n) is 2.11. The molecule has 0 radical (unpaired) electrons. The van der Waals surface area contributed by atoms with Crippen molar-refractivity contribution in [3.63, 3.8) is 0 Å². The van der Waals surface area contributed by atoms with Crippen molar-refractivity contribution < 1.29 is 9.47 Å². The van der Waals surface area contributed by atoms with Crippen LogP contribution in [0.2, 0.25) is 0 Å². The molecular weight excluding hydrogens is 290 g/mol. The Morgan fingerprint density at radius 2 is 1.65 bits per heavy atom.